The summed E-state index contributed by atoms with van der Waals surface area (Å²) < 4.78 is 1.87. The van der Waals surface area contributed by atoms with Crippen LogP contribution in [0.15, 0.2) is 24.7 Å². The Morgan fingerprint density at radius 3 is 3.14 bits per heavy atom. The minimum atomic E-state index is -0.0477. The third-order valence-electron chi connectivity index (χ3n) is 3.91. The molecule has 1 amide bonds. The molecule has 0 aliphatic carbocycles. The SMILES string of the molecule is Cn1cnnc1C1CCCN1C(=O)c1nc2cccnc2s1. The highest BCUT2D eigenvalue weighted by Crippen LogP contribution is 2.32. The molecule has 0 bridgehead atoms. The van der Waals surface area contributed by atoms with Gasteiger partial charge in [-0.05, 0) is 25.0 Å². The monoisotopic (exact) mass is 314 g/mol. The van der Waals surface area contributed by atoms with Crippen LogP contribution in [0.2, 0.25) is 0 Å². The second-order valence-electron chi connectivity index (χ2n) is 5.30. The molecule has 3 aromatic rings. The van der Waals surface area contributed by atoms with Gasteiger partial charge in [-0.2, -0.15) is 0 Å². The van der Waals surface area contributed by atoms with E-state index in [1.807, 2.05) is 28.6 Å². The number of pyridine rings is 1. The second kappa shape index (κ2) is 5.13. The van der Waals surface area contributed by atoms with E-state index in [2.05, 4.69) is 20.2 Å². The minimum Gasteiger partial charge on any atom is -0.326 e. The maximum atomic E-state index is 12.8. The molecule has 0 saturated carbocycles. The molecule has 0 aromatic carbocycles. The van der Waals surface area contributed by atoms with Crippen LogP contribution in [0.4, 0.5) is 0 Å². The topological polar surface area (TPSA) is 76.8 Å². The van der Waals surface area contributed by atoms with Crippen molar-refractivity contribution >= 4 is 27.6 Å². The fourth-order valence-electron chi connectivity index (χ4n) is 2.86. The molecule has 1 fully saturated rings. The summed E-state index contributed by atoms with van der Waals surface area (Å²) in [4.78, 5) is 24.1. The fourth-order valence-corrected chi connectivity index (χ4v) is 3.72. The largest absolute Gasteiger partial charge is 0.326 e. The Labute approximate surface area is 130 Å². The summed E-state index contributed by atoms with van der Waals surface area (Å²) in [6.45, 7) is 0.722. The summed E-state index contributed by atoms with van der Waals surface area (Å²) in [6.07, 6.45) is 5.25. The molecule has 1 unspecified atom stereocenters. The van der Waals surface area contributed by atoms with Crippen molar-refractivity contribution in [2.75, 3.05) is 6.54 Å². The number of thiazole rings is 1. The lowest BCUT2D eigenvalue weighted by atomic mass is 10.2. The molecule has 112 valence electrons. The molecular formula is C14H14N6OS. The summed E-state index contributed by atoms with van der Waals surface area (Å²) in [5.41, 5.74) is 0.769. The number of fused-ring (bicyclic) bond motifs is 1. The lowest BCUT2D eigenvalue weighted by Gasteiger charge is -2.22. The van der Waals surface area contributed by atoms with Crippen LogP contribution < -0.4 is 0 Å². The minimum absolute atomic E-state index is 0.0278. The zero-order valence-corrected chi connectivity index (χ0v) is 12.8. The highest BCUT2D eigenvalue weighted by molar-refractivity contribution is 7.19. The van der Waals surface area contributed by atoms with Gasteiger partial charge >= 0.3 is 0 Å². The smallest absolute Gasteiger partial charge is 0.283 e. The van der Waals surface area contributed by atoms with Gasteiger partial charge in [0.1, 0.15) is 16.7 Å². The number of carbonyl (C=O) groups excluding carboxylic acids is 1. The molecule has 1 aliphatic rings. The first-order valence-corrected chi connectivity index (χ1v) is 7.92. The van der Waals surface area contributed by atoms with Gasteiger partial charge in [0.15, 0.2) is 10.8 Å². The van der Waals surface area contributed by atoms with E-state index in [4.69, 9.17) is 0 Å². The van der Waals surface area contributed by atoms with Crippen molar-refractivity contribution < 1.29 is 4.79 Å². The van der Waals surface area contributed by atoms with Crippen molar-refractivity contribution in [1.29, 1.82) is 0 Å². The molecular weight excluding hydrogens is 300 g/mol. The first-order valence-electron chi connectivity index (χ1n) is 7.10. The molecule has 4 heterocycles. The number of likely N-dealkylation sites (tertiary alicyclic amines) is 1. The summed E-state index contributed by atoms with van der Waals surface area (Å²) >= 11 is 1.34. The second-order valence-corrected chi connectivity index (χ2v) is 6.28. The average molecular weight is 314 g/mol. The number of aromatic nitrogens is 5. The van der Waals surface area contributed by atoms with Crippen LogP contribution in [0, 0.1) is 0 Å². The van der Waals surface area contributed by atoms with E-state index >= 15 is 0 Å². The molecule has 1 atom stereocenters. The maximum Gasteiger partial charge on any atom is 0.283 e. The summed E-state index contributed by atoms with van der Waals surface area (Å²) in [6, 6.07) is 3.67. The number of carbonyl (C=O) groups is 1. The van der Waals surface area contributed by atoms with Crippen molar-refractivity contribution in [1.82, 2.24) is 29.6 Å². The molecule has 1 aliphatic heterocycles. The lowest BCUT2D eigenvalue weighted by Crippen LogP contribution is -2.31. The van der Waals surface area contributed by atoms with E-state index in [-0.39, 0.29) is 11.9 Å². The van der Waals surface area contributed by atoms with Gasteiger partial charge in [-0.1, -0.05) is 11.3 Å². The summed E-state index contributed by atoms with van der Waals surface area (Å²) in [5, 5.41) is 8.56. The Bertz CT molecular complexity index is 808. The van der Waals surface area contributed by atoms with Gasteiger partial charge in [-0.25, -0.2) is 9.97 Å². The number of nitrogens with zero attached hydrogens (tertiary/aromatic N) is 6. The van der Waals surface area contributed by atoms with Crippen LogP contribution in [0.5, 0.6) is 0 Å². The number of aryl methyl sites for hydroxylation is 1. The van der Waals surface area contributed by atoms with Crippen LogP contribution in [0.25, 0.3) is 10.3 Å². The molecule has 22 heavy (non-hydrogen) atoms. The van der Waals surface area contributed by atoms with Crippen molar-refractivity contribution in [3.05, 3.63) is 35.5 Å². The van der Waals surface area contributed by atoms with Gasteiger partial charge < -0.3 is 9.47 Å². The van der Waals surface area contributed by atoms with Gasteiger partial charge in [0.05, 0.1) is 6.04 Å². The number of amides is 1. The molecule has 0 spiro atoms. The molecule has 4 rings (SSSR count). The third-order valence-corrected chi connectivity index (χ3v) is 4.87. The molecule has 8 heteroatoms. The van der Waals surface area contributed by atoms with Crippen LogP contribution in [-0.2, 0) is 7.05 Å². The molecule has 7 nitrogen and oxygen atoms in total. The standard InChI is InChI=1S/C14H14N6OS/c1-19-8-16-18-11(19)10-5-3-7-20(10)14(21)13-17-9-4-2-6-15-12(9)22-13/h2,4,6,8,10H,3,5,7H2,1H3. The molecule has 0 radical (unpaired) electrons. The molecule has 1 saturated heterocycles. The summed E-state index contributed by atoms with van der Waals surface area (Å²) in [7, 11) is 1.90. The Morgan fingerprint density at radius 2 is 2.36 bits per heavy atom. The van der Waals surface area contributed by atoms with Crippen LogP contribution in [-0.4, -0.2) is 42.1 Å². The van der Waals surface area contributed by atoms with Crippen LogP contribution in [0.1, 0.15) is 34.5 Å². The average Bonchev–Trinajstić information content (AvgIpc) is 3.24. The predicted octanol–water partition coefficient (Wildman–Crippen LogP) is 1.80. The normalized spacial score (nSPS) is 18.2. The van der Waals surface area contributed by atoms with E-state index < -0.39 is 0 Å². The quantitative estimate of drug-likeness (QED) is 0.721. The Morgan fingerprint density at radius 1 is 1.45 bits per heavy atom. The first kappa shape index (κ1) is 13.3. The van der Waals surface area contributed by atoms with E-state index in [0.29, 0.717) is 5.01 Å². The maximum absolute atomic E-state index is 12.8. The van der Waals surface area contributed by atoms with E-state index in [9.17, 15) is 4.79 Å². The molecule has 0 N–H and O–H groups in total. The van der Waals surface area contributed by atoms with Crippen molar-refractivity contribution in [3.8, 4) is 0 Å². The number of rotatable bonds is 2. The zero-order chi connectivity index (χ0) is 15.1. The number of hydrogen-bond donors (Lipinski definition) is 0. The van der Waals surface area contributed by atoms with Gasteiger partial charge in [0.2, 0.25) is 0 Å². The number of hydrogen-bond acceptors (Lipinski definition) is 6. The van der Waals surface area contributed by atoms with Gasteiger partial charge in [-0.15, -0.1) is 10.2 Å². The van der Waals surface area contributed by atoms with Crippen LogP contribution in [0.3, 0.4) is 0 Å². The van der Waals surface area contributed by atoms with Crippen molar-refractivity contribution in [3.63, 3.8) is 0 Å². The van der Waals surface area contributed by atoms with E-state index in [0.717, 1.165) is 35.6 Å². The van der Waals surface area contributed by atoms with Crippen LogP contribution >= 0.6 is 11.3 Å². The summed E-state index contributed by atoms with van der Waals surface area (Å²) in [5.74, 6) is 0.776. The van der Waals surface area contributed by atoms with E-state index in [1.54, 1.807) is 12.5 Å². The Kier molecular flexibility index (Phi) is 3.11. The van der Waals surface area contributed by atoms with Gasteiger partial charge in [0.25, 0.3) is 5.91 Å². The fraction of sp³-hybridized carbons (Fsp3) is 0.357. The Balaban J connectivity index is 1.68. The third kappa shape index (κ3) is 2.07. The first-order chi connectivity index (χ1) is 10.7. The van der Waals surface area contributed by atoms with Crippen molar-refractivity contribution in [2.24, 2.45) is 7.05 Å². The van der Waals surface area contributed by atoms with E-state index in [1.165, 1.54) is 11.3 Å². The predicted molar refractivity (Wildman–Crippen MR) is 81.4 cm³/mol. The lowest BCUT2D eigenvalue weighted by molar-refractivity contribution is 0.0728. The van der Waals surface area contributed by atoms with Gasteiger partial charge in [0, 0.05) is 19.8 Å². The Hall–Kier alpha value is -2.35. The molecule has 3 aromatic heterocycles. The van der Waals surface area contributed by atoms with Crippen molar-refractivity contribution in [2.45, 2.75) is 18.9 Å². The zero-order valence-electron chi connectivity index (χ0n) is 12.0. The highest BCUT2D eigenvalue weighted by atomic mass is 32.1. The van der Waals surface area contributed by atoms with Gasteiger partial charge in [-0.3, -0.25) is 4.79 Å². The highest BCUT2D eigenvalue weighted by Gasteiger charge is 2.34.